The molecule has 0 atom stereocenters. The molecule has 144 valence electrons. The van der Waals surface area contributed by atoms with Crippen LogP contribution in [-0.4, -0.2) is 55.6 Å². The molecule has 0 N–H and O–H groups in total. The van der Waals surface area contributed by atoms with Gasteiger partial charge in [-0.2, -0.15) is 0 Å². The van der Waals surface area contributed by atoms with Crippen LogP contribution in [0.1, 0.15) is 35.7 Å². The van der Waals surface area contributed by atoms with Crippen LogP contribution in [0.25, 0.3) is 0 Å². The van der Waals surface area contributed by atoms with Crippen molar-refractivity contribution in [1.82, 2.24) is 9.88 Å². The minimum Gasteiger partial charge on any atom is -0.373 e. The van der Waals surface area contributed by atoms with Gasteiger partial charge in [0.05, 0.1) is 17.4 Å². The van der Waals surface area contributed by atoms with Crippen molar-refractivity contribution in [2.75, 3.05) is 49.6 Å². The minimum atomic E-state index is 0.0807. The van der Waals surface area contributed by atoms with Gasteiger partial charge in [0.15, 0.2) is 0 Å². The smallest absolute Gasteiger partial charge is 0.255 e. The molecule has 1 saturated heterocycles. The van der Waals surface area contributed by atoms with Crippen molar-refractivity contribution < 1.29 is 4.79 Å². The Hall–Kier alpha value is -2.56. The Balaban J connectivity index is 1.62. The Kier molecular flexibility index (Phi) is 6.32. The Labute approximate surface area is 162 Å². The second-order valence-electron chi connectivity index (χ2n) is 7.33. The van der Waals surface area contributed by atoms with Crippen molar-refractivity contribution in [3.05, 3.63) is 53.9 Å². The number of pyridine rings is 1. The van der Waals surface area contributed by atoms with Crippen LogP contribution in [0.5, 0.6) is 0 Å². The van der Waals surface area contributed by atoms with E-state index in [0.29, 0.717) is 5.56 Å². The highest BCUT2D eigenvalue weighted by Crippen LogP contribution is 2.20. The minimum absolute atomic E-state index is 0.0807. The molecule has 1 aliphatic rings. The van der Waals surface area contributed by atoms with E-state index in [1.54, 1.807) is 6.20 Å². The van der Waals surface area contributed by atoms with E-state index >= 15 is 0 Å². The number of rotatable bonds is 6. The summed E-state index contributed by atoms with van der Waals surface area (Å²) in [5.74, 6) is 0.0807. The largest absolute Gasteiger partial charge is 0.373 e. The monoisotopic (exact) mass is 366 g/mol. The number of carbonyl (C=O) groups excluding carboxylic acids is 1. The van der Waals surface area contributed by atoms with Crippen LogP contribution in [0.2, 0.25) is 0 Å². The molecule has 0 radical (unpaired) electrons. The molecule has 0 saturated carbocycles. The molecule has 1 amide bonds. The maximum absolute atomic E-state index is 12.9. The lowest BCUT2D eigenvalue weighted by atomic mass is 10.1. The van der Waals surface area contributed by atoms with Crippen LogP contribution in [0.15, 0.2) is 42.7 Å². The van der Waals surface area contributed by atoms with E-state index in [9.17, 15) is 4.79 Å². The van der Waals surface area contributed by atoms with Gasteiger partial charge in [-0.25, -0.2) is 0 Å². The zero-order chi connectivity index (χ0) is 19.2. The van der Waals surface area contributed by atoms with Crippen molar-refractivity contribution in [1.29, 1.82) is 0 Å². The second-order valence-corrected chi connectivity index (χ2v) is 7.33. The summed E-state index contributed by atoms with van der Waals surface area (Å²) in [6.45, 7) is 8.47. The standard InChI is InChI=1S/C22H30N4O/c1-4-5-9-24(3)21-15-19(16-23-17-21)22(27)26-12-10-25(11-13-26)20-8-6-7-18(2)14-20/h6-8,14-17H,4-5,9-13H2,1-3H3. The van der Waals surface area contributed by atoms with Gasteiger partial charge >= 0.3 is 0 Å². The molecule has 0 aliphatic carbocycles. The first-order valence-corrected chi connectivity index (χ1v) is 9.85. The Morgan fingerprint density at radius 3 is 2.63 bits per heavy atom. The number of aryl methyl sites for hydroxylation is 1. The van der Waals surface area contributed by atoms with Crippen molar-refractivity contribution in [2.45, 2.75) is 26.7 Å². The highest BCUT2D eigenvalue weighted by Gasteiger charge is 2.23. The number of carbonyl (C=O) groups is 1. The molecule has 1 fully saturated rings. The van der Waals surface area contributed by atoms with Gasteiger partial charge in [-0.1, -0.05) is 25.5 Å². The lowest BCUT2D eigenvalue weighted by Crippen LogP contribution is -2.48. The zero-order valence-corrected chi connectivity index (χ0v) is 16.7. The predicted molar refractivity (Wildman–Crippen MR) is 112 cm³/mol. The first kappa shape index (κ1) is 19.2. The van der Waals surface area contributed by atoms with Crippen LogP contribution < -0.4 is 9.80 Å². The topological polar surface area (TPSA) is 39.7 Å². The Bertz CT molecular complexity index is 768. The average molecular weight is 367 g/mol. The van der Waals surface area contributed by atoms with Crippen LogP contribution in [0.3, 0.4) is 0 Å². The van der Waals surface area contributed by atoms with Gasteiger partial charge in [-0.15, -0.1) is 0 Å². The second kappa shape index (κ2) is 8.89. The molecule has 2 aromatic rings. The van der Waals surface area contributed by atoms with Crippen LogP contribution >= 0.6 is 0 Å². The molecule has 3 rings (SSSR count). The fraction of sp³-hybridized carbons (Fsp3) is 0.455. The normalized spacial score (nSPS) is 14.3. The third-order valence-corrected chi connectivity index (χ3v) is 5.19. The molecule has 1 aliphatic heterocycles. The molecular formula is C22H30N4O. The number of aromatic nitrogens is 1. The Morgan fingerprint density at radius 1 is 1.15 bits per heavy atom. The van der Waals surface area contributed by atoms with Crippen molar-refractivity contribution >= 4 is 17.3 Å². The molecule has 27 heavy (non-hydrogen) atoms. The first-order chi connectivity index (χ1) is 13.1. The van der Waals surface area contributed by atoms with Crippen LogP contribution in [-0.2, 0) is 0 Å². The highest BCUT2D eigenvalue weighted by molar-refractivity contribution is 5.95. The molecule has 5 heteroatoms. The molecule has 0 unspecified atom stereocenters. The van der Waals surface area contributed by atoms with Gasteiger partial charge in [0.25, 0.3) is 5.91 Å². The number of amides is 1. The van der Waals surface area contributed by atoms with E-state index in [1.165, 1.54) is 11.3 Å². The number of hydrogen-bond donors (Lipinski definition) is 0. The summed E-state index contributed by atoms with van der Waals surface area (Å²) in [6, 6.07) is 10.5. The number of hydrogen-bond acceptors (Lipinski definition) is 4. The van der Waals surface area contributed by atoms with Crippen molar-refractivity contribution in [2.24, 2.45) is 0 Å². The summed E-state index contributed by atoms with van der Waals surface area (Å²) in [5, 5.41) is 0. The molecule has 0 spiro atoms. The molecule has 0 bridgehead atoms. The molecule has 5 nitrogen and oxygen atoms in total. The average Bonchev–Trinajstić information content (AvgIpc) is 2.71. The first-order valence-electron chi connectivity index (χ1n) is 9.85. The third kappa shape index (κ3) is 4.79. The van der Waals surface area contributed by atoms with E-state index in [4.69, 9.17) is 0 Å². The number of nitrogens with zero attached hydrogens (tertiary/aromatic N) is 4. The SMILES string of the molecule is CCCCN(C)c1cncc(C(=O)N2CCN(c3cccc(C)c3)CC2)c1. The van der Waals surface area contributed by atoms with E-state index in [1.807, 2.05) is 17.2 Å². The van der Waals surface area contributed by atoms with Gasteiger partial charge in [-0.05, 0) is 37.1 Å². The summed E-state index contributed by atoms with van der Waals surface area (Å²) >= 11 is 0. The van der Waals surface area contributed by atoms with Gasteiger partial charge in [0.1, 0.15) is 0 Å². The highest BCUT2D eigenvalue weighted by atomic mass is 16.2. The van der Waals surface area contributed by atoms with E-state index in [2.05, 4.69) is 59.9 Å². The lowest BCUT2D eigenvalue weighted by Gasteiger charge is -2.36. The third-order valence-electron chi connectivity index (χ3n) is 5.19. The van der Waals surface area contributed by atoms with E-state index in [-0.39, 0.29) is 5.91 Å². The van der Waals surface area contributed by atoms with Gasteiger partial charge < -0.3 is 14.7 Å². The summed E-state index contributed by atoms with van der Waals surface area (Å²) in [5.41, 5.74) is 4.19. The van der Waals surface area contributed by atoms with Crippen molar-refractivity contribution in [3.63, 3.8) is 0 Å². The Morgan fingerprint density at radius 2 is 1.93 bits per heavy atom. The molecule has 1 aromatic carbocycles. The van der Waals surface area contributed by atoms with Gasteiger partial charge in [-0.3, -0.25) is 9.78 Å². The van der Waals surface area contributed by atoms with E-state index in [0.717, 1.165) is 51.3 Å². The quantitative estimate of drug-likeness (QED) is 0.783. The number of benzene rings is 1. The fourth-order valence-electron chi connectivity index (χ4n) is 3.45. The van der Waals surface area contributed by atoms with Crippen LogP contribution in [0.4, 0.5) is 11.4 Å². The van der Waals surface area contributed by atoms with Crippen molar-refractivity contribution in [3.8, 4) is 0 Å². The molecule has 1 aromatic heterocycles. The fourth-order valence-corrected chi connectivity index (χ4v) is 3.45. The maximum Gasteiger partial charge on any atom is 0.255 e. The zero-order valence-electron chi connectivity index (χ0n) is 16.7. The predicted octanol–water partition coefficient (Wildman–Crippen LogP) is 3.59. The maximum atomic E-state index is 12.9. The number of unbranched alkanes of at least 4 members (excludes halogenated alkanes) is 1. The van der Waals surface area contributed by atoms with Gasteiger partial charge in [0.2, 0.25) is 0 Å². The number of anilines is 2. The van der Waals surface area contributed by atoms with Crippen LogP contribution in [0, 0.1) is 6.92 Å². The summed E-state index contributed by atoms with van der Waals surface area (Å²) < 4.78 is 0. The summed E-state index contributed by atoms with van der Waals surface area (Å²) in [6.07, 6.45) is 5.81. The lowest BCUT2D eigenvalue weighted by molar-refractivity contribution is 0.0746. The van der Waals surface area contributed by atoms with E-state index < -0.39 is 0 Å². The summed E-state index contributed by atoms with van der Waals surface area (Å²) in [4.78, 5) is 23.7. The number of piperazine rings is 1. The molecular weight excluding hydrogens is 336 g/mol. The molecule has 2 heterocycles. The van der Waals surface area contributed by atoms with Gasteiger partial charge in [0, 0.05) is 51.7 Å². The summed E-state index contributed by atoms with van der Waals surface area (Å²) in [7, 11) is 2.06.